The lowest BCUT2D eigenvalue weighted by Crippen LogP contribution is -2.32. The predicted octanol–water partition coefficient (Wildman–Crippen LogP) is 9.62. The Kier molecular flexibility index (Phi) is 5.73. The van der Waals surface area contributed by atoms with Crippen LogP contribution >= 0.6 is 0 Å². The molecule has 1 heteroatoms. The number of rotatable bonds is 4. The summed E-state index contributed by atoms with van der Waals surface area (Å²) >= 11 is 0. The summed E-state index contributed by atoms with van der Waals surface area (Å²) in [5, 5.41) is 3.32. The summed E-state index contributed by atoms with van der Waals surface area (Å²) in [5.74, 6) is 0. The van der Waals surface area contributed by atoms with Crippen molar-refractivity contribution >= 4 is 20.2 Å². The number of allylic oxidation sites excluding steroid dienone is 2. The Morgan fingerprint density at radius 2 is 0.838 bits per heavy atom. The first-order valence-electron chi connectivity index (χ1n) is 13.5. The fourth-order valence-electron chi connectivity index (χ4n) is 6.66. The van der Waals surface area contributed by atoms with E-state index in [1.54, 1.807) is 10.4 Å². The molecule has 37 heavy (non-hydrogen) atoms. The van der Waals surface area contributed by atoms with Gasteiger partial charge in [-0.05, 0) is 107 Å². The summed E-state index contributed by atoms with van der Waals surface area (Å²) < 4.78 is 0. The zero-order valence-corrected chi connectivity index (χ0v) is 24.0. The predicted molar refractivity (Wildman–Crippen MR) is 164 cm³/mol. The van der Waals surface area contributed by atoms with E-state index in [-0.39, 0.29) is 0 Å². The van der Waals surface area contributed by atoms with Gasteiger partial charge in [0.1, 0.15) is 8.07 Å². The molecule has 184 valence electrons. The van der Waals surface area contributed by atoms with E-state index in [9.17, 15) is 0 Å². The van der Waals surface area contributed by atoms with E-state index < -0.39 is 8.07 Å². The summed E-state index contributed by atoms with van der Waals surface area (Å²) in [7, 11) is -1.81. The van der Waals surface area contributed by atoms with Gasteiger partial charge < -0.3 is 0 Å². The largest absolute Gasteiger partial charge is 0.103 e. The van der Waals surface area contributed by atoms with Gasteiger partial charge in [-0.3, -0.25) is 0 Å². The first kappa shape index (κ1) is 23.9. The monoisotopic (exact) mass is 496 g/mol. The van der Waals surface area contributed by atoms with Gasteiger partial charge in [0.15, 0.2) is 0 Å². The number of benzene rings is 4. The number of hydrogen-bond acceptors (Lipinski definition) is 0. The lowest BCUT2D eigenvalue weighted by molar-refractivity contribution is 1.22. The van der Waals surface area contributed by atoms with Crippen LogP contribution in [0.4, 0.5) is 0 Å². The Morgan fingerprint density at radius 1 is 0.486 bits per heavy atom. The van der Waals surface area contributed by atoms with Gasteiger partial charge in [0.25, 0.3) is 0 Å². The molecule has 0 atom stereocenters. The van der Waals surface area contributed by atoms with Gasteiger partial charge in [-0.2, -0.15) is 0 Å². The lowest BCUT2D eigenvalue weighted by Gasteiger charge is -2.26. The minimum absolute atomic E-state index is 1.09. The van der Waals surface area contributed by atoms with Crippen molar-refractivity contribution in [2.75, 3.05) is 0 Å². The SMILES string of the molecule is Cc1cccc(C)c1-c1cccc2c1C=C([Si](C)(C)C1=Cc3c(cccc3-c3c(C)cccc3C)C1)C2. The van der Waals surface area contributed by atoms with Crippen LogP contribution < -0.4 is 0 Å². The minimum Gasteiger partial charge on any atom is -0.0714 e. The van der Waals surface area contributed by atoms with E-state index in [0.717, 1.165) is 12.8 Å². The maximum absolute atomic E-state index is 2.57. The van der Waals surface area contributed by atoms with Crippen LogP contribution in [0.25, 0.3) is 34.4 Å². The second-order valence-electron chi connectivity index (χ2n) is 11.6. The molecule has 0 nitrogen and oxygen atoms in total. The normalized spacial score (nSPS) is 14.3. The molecular weight excluding hydrogens is 460 g/mol. The summed E-state index contributed by atoms with van der Waals surface area (Å²) in [6, 6.07) is 27.2. The first-order valence-corrected chi connectivity index (χ1v) is 16.5. The average molecular weight is 497 g/mol. The van der Waals surface area contributed by atoms with Crippen LogP contribution in [0.1, 0.15) is 44.5 Å². The molecular formula is C36H36Si. The first-order chi connectivity index (χ1) is 17.8. The smallest absolute Gasteiger partial charge is 0.0714 e. The highest BCUT2D eigenvalue weighted by molar-refractivity contribution is 6.92. The van der Waals surface area contributed by atoms with Crippen molar-refractivity contribution in [2.24, 2.45) is 0 Å². The van der Waals surface area contributed by atoms with Crippen LogP contribution in [0.2, 0.25) is 13.1 Å². The van der Waals surface area contributed by atoms with Gasteiger partial charge >= 0.3 is 0 Å². The van der Waals surface area contributed by atoms with E-state index in [0.29, 0.717) is 0 Å². The second kappa shape index (κ2) is 8.85. The fraction of sp³-hybridized carbons (Fsp3) is 0.222. The Morgan fingerprint density at radius 3 is 1.22 bits per heavy atom. The van der Waals surface area contributed by atoms with Crippen molar-refractivity contribution in [2.45, 2.75) is 53.6 Å². The fourth-order valence-corrected chi connectivity index (χ4v) is 9.35. The van der Waals surface area contributed by atoms with Crippen LogP contribution in [0.15, 0.2) is 83.2 Å². The summed E-state index contributed by atoms with van der Waals surface area (Å²) in [5.41, 5.74) is 16.9. The molecule has 0 fully saturated rings. The Balaban J connectivity index is 1.41. The third kappa shape index (κ3) is 3.88. The highest BCUT2D eigenvalue weighted by Crippen LogP contribution is 2.44. The van der Waals surface area contributed by atoms with E-state index >= 15 is 0 Å². The molecule has 0 aromatic heterocycles. The van der Waals surface area contributed by atoms with Crippen molar-refractivity contribution < 1.29 is 0 Å². The second-order valence-corrected chi connectivity index (χ2v) is 16.1. The average Bonchev–Trinajstić information content (AvgIpc) is 3.50. The zero-order chi connectivity index (χ0) is 25.9. The van der Waals surface area contributed by atoms with Gasteiger partial charge in [-0.15, -0.1) is 0 Å². The molecule has 0 amide bonds. The van der Waals surface area contributed by atoms with Gasteiger partial charge in [-0.1, -0.05) is 108 Å². The summed E-state index contributed by atoms with van der Waals surface area (Å²) in [4.78, 5) is 0. The van der Waals surface area contributed by atoms with Gasteiger partial charge in [0, 0.05) is 0 Å². The number of fused-ring (bicyclic) bond motifs is 2. The Hall–Kier alpha value is -3.42. The van der Waals surface area contributed by atoms with Crippen molar-refractivity contribution in [3.63, 3.8) is 0 Å². The van der Waals surface area contributed by atoms with Crippen molar-refractivity contribution in [3.05, 3.63) is 128 Å². The molecule has 0 bridgehead atoms. The molecule has 4 aromatic rings. The molecule has 0 saturated carbocycles. The van der Waals surface area contributed by atoms with Crippen molar-refractivity contribution in [1.82, 2.24) is 0 Å². The highest BCUT2D eigenvalue weighted by atomic mass is 28.3. The Labute approximate surface area is 223 Å². The van der Waals surface area contributed by atoms with Crippen LogP contribution in [0.5, 0.6) is 0 Å². The molecule has 0 N–H and O–H groups in total. The zero-order valence-electron chi connectivity index (χ0n) is 23.0. The van der Waals surface area contributed by atoms with Crippen molar-refractivity contribution in [1.29, 1.82) is 0 Å². The van der Waals surface area contributed by atoms with Gasteiger partial charge in [0.05, 0.1) is 0 Å². The molecule has 6 rings (SSSR count). The van der Waals surface area contributed by atoms with E-state index in [1.165, 1.54) is 66.8 Å². The lowest BCUT2D eigenvalue weighted by atomic mass is 9.91. The molecule has 0 aliphatic heterocycles. The number of aryl methyl sites for hydroxylation is 4. The summed E-state index contributed by atoms with van der Waals surface area (Å²) in [6.45, 7) is 14.1. The van der Waals surface area contributed by atoms with Crippen LogP contribution in [0.3, 0.4) is 0 Å². The molecule has 2 aliphatic rings. The minimum atomic E-state index is -1.81. The van der Waals surface area contributed by atoms with Crippen LogP contribution in [-0.2, 0) is 12.8 Å². The van der Waals surface area contributed by atoms with E-state index in [1.807, 2.05) is 0 Å². The van der Waals surface area contributed by atoms with Crippen LogP contribution in [-0.4, -0.2) is 8.07 Å². The third-order valence-electron chi connectivity index (χ3n) is 8.90. The maximum atomic E-state index is 2.57. The molecule has 0 heterocycles. The third-order valence-corrected chi connectivity index (χ3v) is 12.8. The van der Waals surface area contributed by atoms with E-state index in [2.05, 4.69) is 126 Å². The highest BCUT2D eigenvalue weighted by Gasteiger charge is 2.36. The number of hydrogen-bond donors (Lipinski definition) is 0. The Bertz CT molecular complexity index is 1470. The molecule has 0 radical (unpaired) electrons. The van der Waals surface area contributed by atoms with Crippen molar-refractivity contribution in [3.8, 4) is 22.3 Å². The molecule has 0 saturated heterocycles. The summed E-state index contributed by atoms with van der Waals surface area (Å²) in [6.07, 6.45) is 7.31. The van der Waals surface area contributed by atoms with Gasteiger partial charge in [0.2, 0.25) is 0 Å². The molecule has 4 aromatic carbocycles. The quantitative estimate of drug-likeness (QED) is 0.247. The standard InChI is InChI=1S/C36H36Si/c1-23-11-7-12-24(2)35(23)31-17-9-15-27-19-29(21-33(27)31)37(5,6)30-20-28-16-10-18-32(34(28)22-30)36-25(3)13-8-14-26(36)4/h7-18,21-22H,19-20H2,1-6H3. The molecule has 0 spiro atoms. The molecule has 0 unspecified atom stereocenters. The topological polar surface area (TPSA) is 0 Å². The van der Waals surface area contributed by atoms with Gasteiger partial charge in [-0.25, -0.2) is 0 Å². The van der Waals surface area contributed by atoms with Crippen LogP contribution in [0, 0.1) is 27.7 Å². The molecule has 2 aliphatic carbocycles. The van der Waals surface area contributed by atoms with E-state index in [4.69, 9.17) is 0 Å². The maximum Gasteiger partial charge on any atom is 0.103 e.